The lowest BCUT2D eigenvalue weighted by molar-refractivity contribution is -0.121. The first-order valence-corrected chi connectivity index (χ1v) is 8.40. The minimum Gasteiger partial charge on any atom is -0.346 e. The SMILES string of the molecule is CC(C)C[C@H](NC(=O)Cc1ccccc1)c1nc2ccccc2[nH]1. The van der Waals surface area contributed by atoms with E-state index in [-0.39, 0.29) is 11.9 Å². The van der Waals surface area contributed by atoms with Gasteiger partial charge in [-0.2, -0.15) is 0 Å². The summed E-state index contributed by atoms with van der Waals surface area (Å²) in [5.74, 6) is 1.30. The monoisotopic (exact) mass is 321 g/mol. The highest BCUT2D eigenvalue weighted by Gasteiger charge is 2.19. The second kappa shape index (κ2) is 7.30. The van der Waals surface area contributed by atoms with Crippen molar-refractivity contribution in [3.8, 4) is 0 Å². The van der Waals surface area contributed by atoms with Crippen LogP contribution in [0, 0.1) is 5.92 Å². The van der Waals surface area contributed by atoms with Gasteiger partial charge in [0.15, 0.2) is 0 Å². The topological polar surface area (TPSA) is 57.8 Å². The number of amides is 1. The van der Waals surface area contributed by atoms with Crippen LogP contribution in [0.4, 0.5) is 0 Å². The molecule has 0 aliphatic carbocycles. The molecule has 1 amide bonds. The fourth-order valence-electron chi connectivity index (χ4n) is 2.87. The lowest BCUT2D eigenvalue weighted by Crippen LogP contribution is -2.31. The van der Waals surface area contributed by atoms with Gasteiger partial charge in [-0.25, -0.2) is 4.98 Å². The quantitative estimate of drug-likeness (QED) is 0.721. The number of aromatic nitrogens is 2. The van der Waals surface area contributed by atoms with Gasteiger partial charge < -0.3 is 10.3 Å². The number of nitrogens with one attached hydrogen (secondary N) is 2. The molecule has 0 saturated heterocycles. The zero-order chi connectivity index (χ0) is 16.9. The second-order valence-electron chi connectivity index (χ2n) is 6.55. The maximum absolute atomic E-state index is 12.4. The van der Waals surface area contributed by atoms with Crippen LogP contribution in [-0.2, 0) is 11.2 Å². The molecule has 4 nitrogen and oxygen atoms in total. The van der Waals surface area contributed by atoms with E-state index in [2.05, 4.69) is 29.1 Å². The lowest BCUT2D eigenvalue weighted by atomic mass is 10.0. The van der Waals surface area contributed by atoms with Gasteiger partial charge in [0.05, 0.1) is 23.5 Å². The lowest BCUT2D eigenvalue weighted by Gasteiger charge is -2.18. The largest absolute Gasteiger partial charge is 0.346 e. The van der Waals surface area contributed by atoms with E-state index in [0.717, 1.165) is 28.8 Å². The zero-order valence-corrected chi connectivity index (χ0v) is 14.1. The summed E-state index contributed by atoms with van der Waals surface area (Å²) in [4.78, 5) is 20.4. The van der Waals surface area contributed by atoms with Crippen molar-refractivity contribution >= 4 is 16.9 Å². The van der Waals surface area contributed by atoms with E-state index in [4.69, 9.17) is 0 Å². The zero-order valence-electron chi connectivity index (χ0n) is 14.1. The number of hydrogen-bond acceptors (Lipinski definition) is 2. The van der Waals surface area contributed by atoms with Crippen molar-refractivity contribution in [3.05, 3.63) is 66.0 Å². The van der Waals surface area contributed by atoms with Crippen LogP contribution in [0.5, 0.6) is 0 Å². The molecule has 0 radical (unpaired) electrons. The molecule has 0 bridgehead atoms. The van der Waals surface area contributed by atoms with E-state index in [1.54, 1.807) is 0 Å². The summed E-state index contributed by atoms with van der Waals surface area (Å²) in [6.45, 7) is 4.30. The smallest absolute Gasteiger partial charge is 0.225 e. The van der Waals surface area contributed by atoms with E-state index < -0.39 is 0 Å². The first-order chi connectivity index (χ1) is 11.6. The molecular formula is C20H23N3O. The third-order valence-electron chi connectivity index (χ3n) is 3.99. The molecule has 24 heavy (non-hydrogen) atoms. The maximum Gasteiger partial charge on any atom is 0.225 e. The van der Waals surface area contributed by atoms with E-state index in [1.807, 2.05) is 54.6 Å². The van der Waals surface area contributed by atoms with Crippen molar-refractivity contribution in [3.63, 3.8) is 0 Å². The molecule has 1 atom stereocenters. The fourth-order valence-corrected chi connectivity index (χ4v) is 2.87. The van der Waals surface area contributed by atoms with Crippen LogP contribution in [0.2, 0.25) is 0 Å². The molecule has 2 N–H and O–H groups in total. The summed E-state index contributed by atoms with van der Waals surface area (Å²) in [5.41, 5.74) is 2.94. The number of fused-ring (bicyclic) bond motifs is 1. The Morgan fingerprint density at radius 2 is 1.79 bits per heavy atom. The normalized spacial score (nSPS) is 12.5. The highest BCUT2D eigenvalue weighted by Crippen LogP contribution is 2.22. The number of nitrogens with zero attached hydrogens (tertiary/aromatic N) is 1. The number of hydrogen-bond donors (Lipinski definition) is 2. The van der Waals surface area contributed by atoms with Crippen LogP contribution in [-0.4, -0.2) is 15.9 Å². The van der Waals surface area contributed by atoms with Gasteiger partial charge in [0.2, 0.25) is 5.91 Å². The molecular weight excluding hydrogens is 298 g/mol. The van der Waals surface area contributed by atoms with Crippen LogP contribution in [0.1, 0.15) is 37.7 Å². The van der Waals surface area contributed by atoms with Crippen molar-refractivity contribution in [2.75, 3.05) is 0 Å². The van der Waals surface area contributed by atoms with Crippen LogP contribution in [0.15, 0.2) is 54.6 Å². The summed E-state index contributed by atoms with van der Waals surface area (Å²) in [6.07, 6.45) is 1.23. The molecule has 0 unspecified atom stereocenters. The highest BCUT2D eigenvalue weighted by atomic mass is 16.1. The van der Waals surface area contributed by atoms with Gasteiger partial charge in [-0.3, -0.25) is 4.79 Å². The molecule has 0 aliphatic heterocycles. The Balaban J connectivity index is 1.77. The summed E-state index contributed by atoms with van der Waals surface area (Å²) < 4.78 is 0. The number of imidazole rings is 1. The first kappa shape index (κ1) is 16.2. The molecule has 0 spiro atoms. The van der Waals surface area contributed by atoms with Gasteiger partial charge in [0, 0.05) is 0 Å². The van der Waals surface area contributed by atoms with Crippen LogP contribution >= 0.6 is 0 Å². The van der Waals surface area contributed by atoms with Crippen LogP contribution in [0.3, 0.4) is 0 Å². The summed E-state index contributed by atoms with van der Waals surface area (Å²) in [7, 11) is 0. The number of para-hydroxylation sites is 2. The average molecular weight is 321 g/mol. The Morgan fingerprint density at radius 3 is 2.50 bits per heavy atom. The summed E-state index contributed by atoms with van der Waals surface area (Å²) >= 11 is 0. The number of carbonyl (C=O) groups is 1. The number of H-pyrrole nitrogens is 1. The molecule has 1 aromatic heterocycles. The summed E-state index contributed by atoms with van der Waals surface area (Å²) in [5, 5.41) is 3.14. The molecule has 4 heteroatoms. The second-order valence-corrected chi connectivity index (χ2v) is 6.55. The first-order valence-electron chi connectivity index (χ1n) is 8.40. The fraction of sp³-hybridized carbons (Fsp3) is 0.300. The summed E-state index contributed by atoms with van der Waals surface area (Å²) in [6, 6.07) is 17.6. The Labute approximate surface area is 142 Å². The third-order valence-corrected chi connectivity index (χ3v) is 3.99. The predicted molar refractivity (Wildman–Crippen MR) is 96.6 cm³/mol. The van der Waals surface area contributed by atoms with Crippen LogP contribution < -0.4 is 5.32 Å². The molecule has 3 rings (SSSR count). The van der Waals surface area contributed by atoms with Gasteiger partial charge in [0.25, 0.3) is 0 Å². The number of rotatable bonds is 6. The average Bonchev–Trinajstić information content (AvgIpc) is 2.98. The molecule has 0 saturated carbocycles. The highest BCUT2D eigenvalue weighted by molar-refractivity contribution is 5.79. The van der Waals surface area contributed by atoms with Crippen molar-refractivity contribution in [1.82, 2.24) is 15.3 Å². The van der Waals surface area contributed by atoms with E-state index >= 15 is 0 Å². The number of benzene rings is 2. The predicted octanol–water partition coefficient (Wildman–Crippen LogP) is 4.01. The van der Waals surface area contributed by atoms with E-state index in [9.17, 15) is 4.79 Å². The molecule has 3 aromatic rings. The Morgan fingerprint density at radius 1 is 1.08 bits per heavy atom. The van der Waals surface area contributed by atoms with E-state index in [0.29, 0.717) is 12.3 Å². The maximum atomic E-state index is 12.4. The van der Waals surface area contributed by atoms with Crippen molar-refractivity contribution in [2.45, 2.75) is 32.7 Å². The Hall–Kier alpha value is -2.62. The third kappa shape index (κ3) is 4.02. The molecule has 124 valence electrons. The van der Waals surface area contributed by atoms with Crippen molar-refractivity contribution in [1.29, 1.82) is 0 Å². The minimum absolute atomic E-state index is 0.0207. The Kier molecular flexibility index (Phi) is 4.94. The van der Waals surface area contributed by atoms with Gasteiger partial charge in [-0.05, 0) is 30.0 Å². The molecule has 1 heterocycles. The van der Waals surface area contributed by atoms with Gasteiger partial charge >= 0.3 is 0 Å². The van der Waals surface area contributed by atoms with Crippen molar-refractivity contribution in [2.24, 2.45) is 5.92 Å². The standard InChI is InChI=1S/C20H23N3O/c1-14(2)12-18(20-22-16-10-6-7-11-17(16)23-20)21-19(24)13-15-8-4-3-5-9-15/h3-11,14,18H,12-13H2,1-2H3,(H,21,24)(H,22,23)/t18-/m0/s1. The van der Waals surface area contributed by atoms with Crippen molar-refractivity contribution < 1.29 is 4.79 Å². The number of carbonyl (C=O) groups excluding carboxylic acids is 1. The molecule has 2 aromatic carbocycles. The van der Waals surface area contributed by atoms with Gasteiger partial charge in [0.1, 0.15) is 5.82 Å². The van der Waals surface area contributed by atoms with Crippen LogP contribution in [0.25, 0.3) is 11.0 Å². The Bertz CT molecular complexity index is 775. The van der Waals surface area contributed by atoms with E-state index in [1.165, 1.54) is 0 Å². The van der Waals surface area contributed by atoms with Gasteiger partial charge in [-0.1, -0.05) is 56.3 Å². The van der Waals surface area contributed by atoms with Gasteiger partial charge in [-0.15, -0.1) is 0 Å². The molecule has 0 aliphatic rings. The number of aromatic amines is 1. The minimum atomic E-state index is -0.103. The molecule has 0 fully saturated rings.